The minimum Gasteiger partial charge on any atom is -0.386 e. The molecule has 0 aliphatic heterocycles. The zero-order chi connectivity index (χ0) is 12.9. The molecule has 0 aromatic rings. The van der Waals surface area contributed by atoms with Gasteiger partial charge in [-0.2, -0.15) is 0 Å². The van der Waals surface area contributed by atoms with Crippen molar-refractivity contribution in [1.29, 1.82) is 0 Å². The summed E-state index contributed by atoms with van der Waals surface area (Å²) in [5, 5.41) is 3.29. The van der Waals surface area contributed by atoms with Crippen molar-refractivity contribution < 1.29 is 0 Å². The first-order chi connectivity index (χ1) is 8.20. The van der Waals surface area contributed by atoms with Crippen LogP contribution in [0.15, 0.2) is 41.6 Å². The SMILES string of the molecule is C=C(/C=C\C(=C)NCCCCCC)CN=CC. The molecule has 1 N–H and O–H groups in total. The van der Waals surface area contributed by atoms with Crippen molar-refractivity contribution in [2.75, 3.05) is 13.1 Å². The van der Waals surface area contributed by atoms with E-state index in [4.69, 9.17) is 0 Å². The second-order valence-electron chi connectivity index (χ2n) is 4.10. The van der Waals surface area contributed by atoms with E-state index in [1.54, 1.807) is 6.21 Å². The second-order valence-corrected chi connectivity index (χ2v) is 4.10. The Kier molecular flexibility index (Phi) is 10.3. The molecule has 0 heterocycles. The Morgan fingerprint density at radius 1 is 1.18 bits per heavy atom. The van der Waals surface area contributed by atoms with Gasteiger partial charge in [-0.1, -0.05) is 45.4 Å². The third kappa shape index (κ3) is 11.0. The summed E-state index contributed by atoms with van der Waals surface area (Å²) in [7, 11) is 0. The van der Waals surface area contributed by atoms with E-state index >= 15 is 0 Å². The predicted octanol–water partition coefficient (Wildman–Crippen LogP) is 3.87. The summed E-state index contributed by atoms with van der Waals surface area (Å²) in [5.74, 6) is 0. The van der Waals surface area contributed by atoms with Gasteiger partial charge in [-0.15, -0.1) is 0 Å². The van der Waals surface area contributed by atoms with E-state index < -0.39 is 0 Å². The third-order valence-corrected chi connectivity index (χ3v) is 2.38. The van der Waals surface area contributed by atoms with Gasteiger partial charge in [0, 0.05) is 12.2 Å². The Morgan fingerprint density at radius 2 is 1.94 bits per heavy atom. The molecular formula is C15H26N2. The Bertz CT molecular complexity index is 275. The predicted molar refractivity (Wildman–Crippen MR) is 78.6 cm³/mol. The van der Waals surface area contributed by atoms with E-state index in [2.05, 4.69) is 30.4 Å². The molecule has 2 heteroatoms. The summed E-state index contributed by atoms with van der Waals surface area (Å²) >= 11 is 0. The lowest BCUT2D eigenvalue weighted by molar-refractivity contribution is 0.640. The molecule has 0 aliphatic rings. The van der Waals surface area contributed by atoms with Crippen LogP contribution in [0.3, 0.4) is 0 Å². The van der Waals surface area contributed by atoms with Gasteiger partial charge in [0.1, 0.15) is 0 Å². The highest BCUT2D eigenvalue weighted by Crippen LogP contribution is 2.00. The number of unbranched alkanes of at least 4 members (excludes halogenated alkanes) is 3. The van der Waals surface area contributed by atoms with Crippen molar-refractivity contribution in [3.63, 3.8) is 0 Å². The highest BCUT2D eigenvalue weighted by Gasteiger charge is 1.90. The van der Waals surface area contributed by atoms with Gasteiger partial charge in [-0.25, -0.2) is 0 Å². The lowest BCUT2D eigenvalue weighted by Crippen LogP contribution is -2.12. The van der Waals surface area contributed by atoms with Crippen molar-refractivity contribution in [2.45, 2.75) is 39.5 Å². The van der Waals surface area contributed by atoms with E-state index in [9.17, 15) is 0 Å². The molecule has 2 nitrogen and oxygen atoms in total. The Hall–Kier alpha value is -1.31. The van der Waals surface area contributed by atoms with Crippen molar-refractivity contribution in [1.82, 2.24) is 5.32 Å². The van der Waals surface area contributed by atoms with Crippen LogP contribution in [0, 0.1) is 0 Å². The van der Waals surface area contributed by atoms with Gasteiger partial charge in [0.05, 0.1) is 6.54 Å². The molecule has 0 bridgehead atoms. The van der Waals surface area contributed by atoms with Crippen LogP contribution in [0.5, 0.6) is 0 Å². The van der Waals surface area contributed by atoms with E-state index in [1.807, 2.05) is 19.1 Å². The number of nitrogens with zero attached hydrogens (tertiary/aromatic N) is 1. The standard InChI is InChI=1S/C15H26N2/c1-5-7-8-9-12-17-15(4)11-10-14(3)13-16-6-2/h6,10-11,17H,3-5,7-9,12-13H2,1-2H3/b11-10-,16-6?. The quantitative estimate of drug-likeness (QED) is 0.346. The average molecular weight is 234 g/mol. The largest absolute Gasteiger partial charge is 0.386 e. The number of hydrogen-bond acceptors (Lipinski definition) is 2. The number of aliphatic imine (C=N–C) groups is 1. The molecule has 0 aromatic carbocycles. The zero-order valence-corrected chi connectivity index (χ0v) is 11.3. The van der Waals surface area contributed by atoms with Gasteiger partial charge in [-0.3, -0.25) is 4.99 Å². The zero-order valence-electron chi connectivity index (χ0n) is 11.3. The fraction of sp³-hybridized carbons (Fsp3) is 0.533. The second kappa shape index (κ2) is 11.2. The molecule has 96 valence electrons. The topological polar surface area (TPSA) is 24.4 Å². The van der Waals surface area contributed by atoms with Crippen molar-refractivity contribution in [3.05, 3.63) is 36.6 Å². The molecule has 0 amide bonds. The molecule has 0 unspecified atom stereocenters. The van der Waals surface area contributed by atoms with Crippen LogP contribution in [-0.4, -0.2) is 19.3 Å². The van der Waals surface area contributed by atoms with Crippen LogP contribution < -0.4 is 5.32 Å². The maximum atomic E-state index is 4.12. The Labute approximate surface area is 106 Å². The molecule has 0 spiro atoms. The summed E-state index contributed by atoms with van der Waals surface area (Å²) < 4.78 is 0. The van der Waals surface area contributed by atoms with E-state index in [0.717, 1.165) is 17.8 Å². The Morgan fingerprint density at radius 3 is 2.59 bits per heavy atom. The fourth-order valence-electron chi connectivity index (χ4n) is 1.34. The van der Waals surface area contributed by atoms with E-state index in [-0.39, 0.29) is 0 Å². The molecule has 0 saturated heterocycles. The minimum atomic E-state index is 0.663. The average Bonchev–Trinajstić information content (AvgIpc) is 2.33. The van der Waals surface area contributed by atoms with Crippen LogP contribution in [-0.2, 0) is 0 Å². The summed E-state index contributed by atoms with van der Waals surface area (Å²) in [6.45, 7) is 13.7. The monoisotopic (exact) mass is 234 g/mol. The van der Waals surface area contributed by atoms with Crippen LogP contribution in [0.25, 0.3) is 0 Å². The molecule has 0 aliphatic carbocycles. The molecule has 0 saturated carbocycles. The molecule has 17 heavy (non-hydrogen) atoms. The van der Waals surface area contributed by atoms with Crippen molar-refractivity contribution in [3.8, 4) is 0 Å². The van der Waals surface area contributed by atoms with Crippen molar-refractivity contribution in [2.24, 2.45) is 4.99 Å². The van der Waals surface area contributed by atoms with Gasteiger partial charge in [-0.05, 0) is 31.2 Å². The molecular weight excluding hydrogens is 208 g/mol. The lowest BCUT2D eigenvalue weighted by Gasteiger charge is -2.05. The fourth-order valence-corrected chi connectivity index (χ4v) is 1.34. The van der Waals surface area contributed by atoms with Gasteiger partial charge in [0.25, 0.3) is 0 Å². The van der Waals surface area contributed by atoms with Crippen LogP contribution in [0.4, 0.5) is 0 Å². The summed E-state index contributed by atoms with van der Waals surface area (Å²) in [4.78, 5) is 4.12. The summed E-state index contributed by atoms with van der Waals surface area (Å²) in [5.41, 5.74) is 1.94. The number of allylic oxidation sites excluding steroid dienone is 1. The summed E-state index contributed by atoms with van der Waals surface area (Å²) in [6.07, 6.45) is 10.8. The molecule has 0 rings (SSSR count). The lowest BCUT2D eigenvalue weighted by atomic mass is 10.2. The van der Waals surface area contributed by atoms with Crippen LogP contribution in [0.1, 0.15) is 39.5 Å². The molecule has 0 radical (unpaired) electrons. The number of rotatable bonds is 10. The maximum Gasteiger partial charge on any atom is 0.0630 e. The van der Waals surface area contributed by atoms with Gasteiger partial charge >= 0.3 is 0 Å². The van der Waals surface area contributed by atoms with Crippen LogP contribution in [0.2, 0.25) is 0 Å². The molecule has 0 fully saturated rings. The number of nitrogens with one attached hydrogen (secondary N) is 1. The first-order valence-electron chi connectivity index (χ1n) is 6.43. The highest BCUT2D eigenvalue weighted by molar-refractivity contribution is 5.53. The van der Waals surface area contributed by atoms with Gasteiger partial charge in [0.2, 0.25) is 0 Å². The van der Waals surface area contributed by atoms with E-state index in [0.29, 0.717) is 6.54 Å². The first-order valence-corrected chi connectivity index (χ1v) is 6.43. The highest BCUT2D eigenvalue weighted by atomic mass is 14.9. The maximum absolute atomic E-state index is 4.12. The molecule has 0 aromatic heterocycles. The minimum absolute atomic E-state index is 0.663. The van der Waals surface area contributed by atoms with E-state index in [1.165, 1.54) is 25.7 Å². The third-order valence-electron chi connectivity index (χ3n) is 2.38. The molecule has 0 atom stereocenters. The van der Waals surface area contributed by atoms with Gasteiger partial charge < -0.3 is 5.32 Å². The first kappa shape index (κ1) is 15.7. The normalized spacial score (nSPS) is 11.2. The van der Waals surface area contributed by atoms with Gasteiger partial charge in [0.15, 0.2) is 0 Å². The van der Waals surface area contributed by atoms with Crippen molar-refractivity contribution >= 4 is 6.21 Å². The number of hydrogen-bond donors (Lipinski definition) is 1. The Balaban J connectivity index is 3.63. The smallest absolute Gasteiger partial charge is 0.0630 e. The summed E-state index contributed by atoms with van der Waals surface area (Å²) in [6, 6.07) is 0. The van der Waals surface area contributed by atoms with Crippen LogP contribution >= 0.6 is 0 Å².